The average Bonchev–Trinajstić information content (AvgIpc) is 3.42. The van der Waals surface area contributed by atoms with Crippen molar-refractivity contribution in [1.82, 2.24) is 0 Å². The molecule has 2 aliphatic heterocycles. The normalized spacial score (nSPS) is 28.1. The van der Waals surface area contributed by atoms with Gasteiger partial charge in [0.2, 0.25) is 0 Å². The lowest BCUT2D eigenvalue weighted by Gasteiger charge is -2.30. The lowest BCUT2D eigenvalue weighted by atomic mass is 10.1. The van der Waals surface area contributed by atoms with Crippen LogP contribution in [0.4, 0.5) is 0 Å². The van der Waals surface area contributed by atoms with E-state index in [2.05, 4.69) is 91.6 Å². The molecule has 0 saturated carbocycles. The summed E-state index contributed by atoms with van der Waals surface area (Å²) in [5.74, 6) is 0. The minimum absolute atomic E-state index is 0.0466. The summed E-state index contributed by atoms with van der Waals surface area (Å²) in [4.78, 5) is 0. The third kappa shape index (κ3) is 4.53. The SMILES string of the molecule is C[P+]1(c2ccccc2[P@@]2CCC[C@@H]2Cc2ccccc2)CCC[C@@H]1Cc1ccccc1. The molecule has 2 aliphatic rings. The van der Waals surface area contributed by atoms with E-state index in [-0.39, 0.29) is 7.92 Å². The molecule has 2 heterocycles. The minimum Gasteiger partial charge on any atom is -0.0675 e. The Morgan fingerprint density at radius 1 is 0.742 bits per heavy atom. The van der Waals surface area contributed by atoms with Crippen LogP contribution in [0.2, 0.25) is 0 Å². The Hall–Kier alpha value is -1.48. The van der Waals surface area contributed by atoms with E-state index < -0.39 is 7.26 Å². The van der Waals surface area contributed by atoms with Crippen molar-refractivity contribution in [2.45, 2.75) is 49.8 Å². The highest BCUT2D eigenvalue weighted by molar-refractivity contribution is 7.85. The second-order valence-electron chi connectivity index (χ2n) is 9.65. The molecule has 0 radical (unpaired) electrons. The van der Waals surface area contributed by atoms with Crippen molar-refractivity contribution < 1.29 is 0 Å². The van der Waals surface area contributed by atoms with Gasteiger partial charge in [-0.1, -0.05) is 86.8 Å². The van der Waals surface area contributed by atoms with Crippen LogP contribution < -0.4 is 10.6 Å². The highest BCUT2D eigenvalue weighted by Crippen LogP contribution is 2.66. The molecule has 2 heteroatoms. The molecule has 4 atom stereocenters. The van der Waals surface area contributed by atoms with Gasteiger partial charge in [0.25, 0.3) is 0 Å². The highest BCUT2D eigenvalue weighted by Gasteiger charge is 2.49. The number of benzene rings is 3. The van der Waals surface area contributed by atoms with Crippen LogP contribution in [-0.2, 0) is 12.8 Å². The quantitative estimate of drug-likeness (QED) is 0.363. The molecule has 5 rings (SSSR count). The van der Waals surface area contributed by atoms with Crippen molar-refractivity contribution in [3.8, 4) is 0 Å². The van der Waals surface area contributed by atoms with E-state index in [1.54, 1.807) is 10.6 Å². The summed E-state index contributed by atoms with van der Waals surface area (Å²) < 4.78 is 0. The molecule has 0 bridgehead atoms. The van der Waals surface area contributed by atoms with Crippen molar-refractivity contribution in [1.29, 1.82) is 0 Å². The number of hydrogen-bond donors (Lipinski definition) is 0. The zero-order valence-electron chi connectivity index (χ0n) is 18.8. The van der Waals surface area contributed by atoms with Crippen molar-refractivity contribution in [3.05, 3.63) is 96.1 Å². The molecule has 3 aromatic rings. The molecule has 160 valence electrons. The van der Waals surface area contributed by atoms with Gasteiger partial charge in [-0.3, -0.25) is 0 Å². The van der Waals surface area contributed by atoms with Crippen LogP contribution in [0.15, 0.2) is 84.9 Å². The van der Waals surface area contributed by atoms with Crippen molar-refractivity contribution >= 4 is 25.8 Å². The van der Waals surface area contributed by atoms with Gasteiger partial charge in [0.1, 0.15) is 5.30 Å². The van der Waals surface area contributed by atoms with Gasteiger partial charge >= 0.3 is 0 Å². The first kappa shape index (κ1) is 21.4. The summed E-state index contributed by atoms with van der Waals surface area (Å²) in [7, 11) is -1.18. The van der Waals surface area contributed by atoms with Gasteiger partial charge < -0.3 is 0 Å². The zero-order valence-corrected chi connectivity index (χ0v) is 20.6. The molecule has 0 amide bonds. The first-order chi connectivity index (χ1) is 15.2. The second kappa shape index (κ2) is 9.57. The van der Waals surface area contributed by atoms with Crippen molar-refractivity contribution in [2.24, 2.45) is 0 Å². The molecule has 0 nitrogen and oxygen atoms in total. The Morgan fingerprint density at radius 3 is 2.13 bits per heavy atom. The summed E-state index contributed by atoms with van der Waals surface area (Å²) in [6, 6.07) is 32.2. The van der Waals surface area contributed by atoms with Gasteiger partial charge in [-0.25, -0.2) is 0 Å². The molecule has 0 spiro atoms. The van der Waals surface area contributed by atoms with E-state index >= 15 is 0 Å². The fourth-order valence-corrected chi connectivity index (χ4v) is 14.4. The van der Waals surface area contributed by atoms with Crippen LogP contribution in [0.5, 0.6) is 0 Å². The maximum Gasteiger partial charge on any atom is 0.102 e. The third-order valence-corrected chi connectivity index (χ3v) is 15.8. The van der Waals surface area contributed by atoms with Crippen LogP contribution >= 0.6 is 15.2 Å². The molecule has 0 aromatic heterocycles. The van der Waals surface area contributed by atoms with Crippen molar-refractivity contribution in [3.63, 3.8) is 0 Å². The second-order valence-corrected chi connectivity index (χ2v) is 16.4. The van der Waals surface area contributed by atoms with Crippen LogP contribution in [0.25, 0.3) is 0 Å². The lowest BCUT2D eigenvalue weighted by Crippen LogP contribution is -2.33. The predicted octanol–water partition coefficient (Wildman–Crippen LogP) is 6.88. The first-order valence-electron chi connectivity index (χ1n) is 12.0. The van der Waals surface area contributed by atoms with Gasteiger partial charge in [-0.2, -0.15) is 0 Å². The number of hydrogen-bond acceptors (Lipinski definition) is 0. The fraction of sp³-hybridized carbons (Fsp3) is 0.379. The van der Waals surface area contributed by atoms with Gasteiger partial charge in [-0.05, 0) is 61.1 Å². The topological polar surface area (TPSA) is 0 Å². The third-order valence-electron chi connectivity index (χ3n) is 7.71. The Morgan fingerprint density at radius 2 is 1.39 bits per heavy atom. The van der Waals surface area contributed by atoms with Crippen LogP contribution in [-0.4, -0.2) is 30.3 Å². The van der Waals surface area contributed by atoms with Gasteiger partial charge in [0.15, 0.2) is 0 Å². The predicted molar refractivity (Wildman–Crippen MR) is 142 cm³/mol. The van der Waals surface area contributed by atoms with E-state index in [0.717, 1.165) is 11.3 Å². The molecule has 31 heavy (non-hydrogen) atoms. The molecular weight excluding hydrogens is 410 g/mol. The van der Waals surface area contributed by atoms with Crippen LogP contribution in [0.3, 0.4) is 0 Å². The van der Waals surface area contributed by atoms with Crippen molar-refractivity contribution in [2.75, 3.05) is 19.0 Å². The zero-order chi connectivity index (χ0) is 21.1. The molecule has 3 aromatic carbocycles. The minimum atomic E-state index is -1.13. The molecule has 2 saturated heterocycles. The average molecular weight is 446 g/mol. The van der Waals surface area contributed by atoms with E-state index in [0.29, 0.717) is 0 Å². The maximum atomic E-state index is 2.70. The van der Waals surface area contributed by atoms with E-state index in [1.165, 1.54) is 62.0 Å². The van der Waals surface area contributed by atoms with Gasteiger partial charge in [0, 0.05) is 19.0 Å². The summed E-state index contributed by atoms with van der Waals surface area (Å²) >= 11 is 0. The van der Waals surface area contributed by atoms with E-state index in [9.17, 15) is 0 Å². The fourth-order valence-electron chi connectivity index (χ4n) is 6.02. The molecular formula is C29H35P2+. The van der Waals surface area contributed by atoms with E-state index in [4.69, 9.17) is 0 Å². The Labute approximate surface area is 190 Å². The summed E-state index contributed by atoms with van der Waals surface area (Å²) in [5.41, 5.74) is 4.79. The highest BCUT2D eigenvalue weighted by atomic mass is 31.2. The first-order valence-corrected chi connectivity index (χ1v) is 16.1. The Bertz CT molecular complexity index is 984. The summed E-state index contributed by atoms with van der Waals surface area (Å²) in [5, 5.41) is 3.59. The molecule has 1 unspecified atom stereocenters. The molecule has 0 N–H and O–H groups in total. The monoisotopic (exact) mass is 445 g/mol. The van der Waals surface area contributed by atoms with Gasteiger partial charge in [0.05, 0.1) is 18.5 Å². The Kier molecular flexibility index (Phi) is 6.59. The van der Waals surface area contributed by atoms with Gasteiger partial charge in [-0.15, -0.1) is 0 Å². The molecule has 0 aliphatic carbocycles. The van der Waals surface area contributed by atoms with Crippen LogP contribution in [0, 0.1) is 0 Å². The van der Waals surface area contributed by atoms with E-state index in [1.807, 2.05) is 0 Å². The summed E-state index contributed by atoms with van der Waals surface area (Å²) in [6.07, 6.45) is 11.1. The smallest absolute Gasteiger partial charge is 0.0675 e. The van der Waals surface area contributed by atoms with Crippen LogP contribution in [0.1, 0.15) is 36.8 Å². The maximum absolute atomic E-state index is 2.70. The number of rotatable bonds is 6. The largest absolute Gasteiger partial charge is 0.102 e. The molecule has 2 fully saturated rings. The summed E-state index contributed by atoms with van der Waals surface area (Å²) in [6.45, 7) is 2.70. The lowest BCUT2D eigenvalue weighted by molar-refractivity contribution is 0.772. The Balaban J connectivity index is 1.44. The standard InChI is InChI=1S/C29H35P2/c1-31(21-11-17-27(31)23-25-14-6-3-7-15-25)29-19-9-8-18-28(29)30-20-10-16-26(30)22-24-12-4-2-5-13-24/h2-9,12-15,18-19,26-27H,10-11,16-17,20-23H2,1H3/q+1/t26-,27-,30+,31?/m1/s1.